The van der Waals surface area contributed by atoms with Crippen molar-refractivity contribution in [2.24, 2.45) is 5.92 Å². The van der Waals surface area contributed by atoms with E-state index in [1.165, 1.54) is 19.3 Å². The molecule has 2 unspecified atom stereocenters. The molecule has 0 N–H and O–H groups in total. The number of likely N-dealkylation sites (tertiary alicyclic amines) is 1. The van der Waals surface area contributed by atoms with Crippen molar-refractivity contribution < 1.29 is 14.3 Å². The summed E-state index contributed by atoms with van der Waals surface area (Å²) < 4.78 is 6.18. The molecule has 0 amide bonds. The number of ether oxygens (including phenoxy) is 1. The topological polar surface area (TPSA) is 46.6 Å². The highest BCUT2D eigenvalue weighted by Gasteiger charge is 2.36. The van der Waals surface area contributed by atoms with E-state index in [0.29, 0.717) is 24.2 Å². The molecule has 0 saturated carbocycles. The van der Waals surface area contributed by atoms with Crippen LogP contribution in [0.5, 0.6) is 5.75 Å². The summed E-state index contributed by atoms with van der Waals surface area (Å²) >= 11 is 0. The fourth-order valence-electron chi connectivity index (χ4n) is 3.82. The first kappa shape index (κ1) is 17.2. The van der Waals surface area contributed by atoms with Crippen LogP contribution in [-0.2, 0) is 4.79 Å². The molecule has 4 heteroatoms. The minimum Gasteiger partial charge on any atom is -0.489 e. The Kier molecular flexibility index (Phi) is 5.67. The summed E-state index contributed by atoms with van der Waals surface area (Å²) in [6.07, 6.45) is 5.62. The number of fused-ring (bicyclic) bond motifs is 1. The Labute approximate surface area is 144 Å². The van der Waals surface area contributed by atoms with Gasteiger partial charge in [-0.3, -0.25) is 4.79 Å². The van der Waals surface area contributed by atoms with Gasteiger partial charge in [0, 0.05) is 13.0 Å². The van der Waals surface area contributed by atoms with E-state index >= 15 is 0 Å². The normalized spacial score (nSPS) is 24.3. The number of rotatable bonds is 6. The van der Waals surface area contributed by atoms with Gasteiger partial charge in [-0.2, -0.15) is 0 Å². The Hall–Kier alpha value is -1.68. The molecule has 2 aliphatic rings. The molecular formula is C20H27NO3. The van der Waals surface area contributed by atoms with Crippen LogP contribution in [0.4, 0.5) is 0 Å². The van der Waals surface area contributed by atoms with E-state index in [4.69, 9.17) is 4.74 Å². The number of Topliss-reactive ketones (excluding diaryl/α,β-unsaturated/α-hetero) is 2. The molecule has 130 valence electrons. The van der Waals surface area contributed by atoms with Crippen molar-refractivity contribution in [3.63, 3.8) is 0 Å². The maximum Gasteiger partial charge on any atom is 0.173 e. The number of ketones is 2. The molecule has 0 bridgehead atoms. The number of benzene rings is 1. The first-order valence-electron chi connectivity index (χ1n) is 9.17. The Balaban J connectivity index is 1.70. The van der Waals surface area contributed by atoms with E-state index in [0.717, 1.165) is 26.1 Å². The minimum atomic E-state index is -0.200. The molecule has 3 rings (SSSR count). The van der Waals surface area contributed by atoms with Crippen molar-refractivity contribution in [2.75, 3.05) is 19.6 Å². The van der Waals surface area contributed by atoms with E-state index in [1.807, 2.05) is 24.3 Å². The number of nitrogens with zero attached hydrogens (tertiary/aromatic N) is 1. The third-order valence-corrected chi connectivity index (χ3v) is 5.20. The Morgan fingerprint density at radius 3 is 2.67 bits per heavy atom. The molecule has 1 aromatic carbocycles. The molecule has 2 atom stereocenters. The molecule has 2 aliphatic heterocycles. The summed E-state index contributed by atoms with van der Waals surface area (Å²) in [5.41, 5.74) is 0.667. The van der Waals surface area contributed by atoms with Crippen molar-refractivity contribution in [2.45, 2.75) is 51.6 Å². The summed E-state index contributed by atoms with van der Waals surface area (Å²) in [6, 6.07) is 7.49. The maximum absolute atomic E-state index is 12.9. The van der Waals surface area contributed by atoms with Gasteiger partial charge in [0.1, 0.15) is 17.6 Å². The van der Waals surface area contributed by atoms with Crippen molar-refractivity contribution in [3.8, 4) is 5.75 Å². The molecule has 24 heavy (non-hydrogen) atoms. The van der Waals surface area contributed by atoms with E-state index in [2.05, 4.69) is 4.90 Å². The van der Waals surface area contributed by atoms with Gasteiger partial charge < -0.3 is 14.4 Å². The van der Waals surface area contributed by atoms with E-state index in [-0.39, 0.29) is 23.6 Å². The second-order valence-electron chi connectivity index (χ2n) is 7.05. The fourth-order valence-corrected chi connectivity index (χ4v) is 3.82. The van der Waals surface area contributed by atoms with Crippen LogP contribution in [0.2, 0.25) is 0 Å². The van der Waals surface area contributed by atoms with Crippen LogP contribution in [0.1, 0.15) is 55.8 Å². The van der Waals surface area contributed by atoms with Gasteiger partial charge in [0.15, 0.2) is 5.78 Å². The van der Waals surface area contributed by atoms with Gasteiger partial charge in [-0.1, -0.05) is 18.6 Å². The first-order chi connectivity index (χ1) is 11.6. The number of para-hydroxylation sites is 1. The number of hydrogen-bond donors (Lipinski definition) is 0. The zero-order valence-electron chi connectivity index (χ0n) is 14.5. The fraction of sp³-hybridized carbons (Fsp3) is 0.600. The van der Waals surface area contributed by atoms with E-state index in [9.17, 15) is 9.59 Å². The monoisotopic (exact) mass is 329 g/mol. The van der Waals surface area contributed by atoms with Crippen LogP contribution in [0.15, 0.2) is 24.3 Å². The molecular weight excluding hydrogens is 302 g/mol. The van der Waals surface area contributed by atoms with Crippen LogP contribution in [0.25, 0.3) is 0 Å². The minimum absolute atomic E-state index is 0.117. The van der Waals surface area contributed by atoms with Crippen LogP contribution >= 0.6 is 0 Å². The zero-order valence-corrected chi connectivity index (χ0v) is 14.5. The smallest absolute Gasteiger partial charge is 0.173 e. The third kappa shape index (κ3) is 4.04. The van der Waals surface area contributed by atoms with Crippen LogP contribution in [0, 0.1) is 5.92 Å². The molecule has 0 radical (unpaired) electrons. The summed E-state index contributed by atoms with van der Waals surface area (Å²) in [4.78, 5) is 26.7. The second kappa shape index (κ2) is 7.93. The third-order valence-electron chi connectivity index (χ3n) is 5.20. The summed E-state index contributed by atoms with van der Waals surface area (Å²) in [5, 5.41) is 0. The Morgan fingerprint density at radius 1 is 1.17 bits per heavy atom. The number of piperidine rings is 1. The van der Waals surface area contributed by atoms with Crippen LogP contribution < -0.4 is 4.74 Å². The summed E-state index contributed by atoms with van der Waals surface area (Å²) in [5.74, 6) is 0.775. The van der Waals surface area contributed by atoms with Gasteiger partial charge in [-0.05, 0) is 57.8 Å². The molecule has 0 spiro atoms. The number of carbonyl (C=O) groups is 2. The van der Waals surface area contributed by atoms with Crippen molar-refractivity contribution in [3.05, 3.63) is 29.8 Å². The van der Waals surface area contributed by atoms with Gasteiger partial charge in [0.25, 0.3) is 0 Å². The number of hydrogen-bond acceptors (Lipinski definition) is 4. The summed E-state index contributed by atoms with van der Waals surface area (Å²) in [6.45, 7) is 4.85. The first-order valence-corrected chi connectivity index (χ1v) is 9.17. The highest BCUT2D eigenvalue weighted by molar-refractivity contribution is 6.01. The van der Waals surface area contributed by atoms with Gasteiger partial charge in [-0.15, -0.1) is 0 Å². The lowest BCUT2D eigenvalue weighted by Crippen LogP contribution is -2.41. The molecule has 4 nitrogen and oxygen atoms in total. The zero-order chi connectivity index (χ0) is 16.9. The van der Waals surface area contributed by atoms with Gasteiger partial charge in [0.05, 0.1) is 11.5 Å². The molecule has 2 heterocycles. The van der Waals surface area contributed by atoms with E-state index in [1.54, 1.807) is 6.92 Å². The lowest BCUT2D eigenvalue weighted by Gasteiger charge is -2.34. The van der Waals surface area contributed by atoms with Gasteiger partial charge in [-0.25, -0.2) is 0 Å². The van der Waals surface area contributed by atoms with Crippen molar-refractivity contribution in [1.29, 1.82) is 0 Å². The highest BCUT2D eigenvalue weighted by atomic mass is 16.5. The molecule has 0 aromatic heterocycles. The van der Waals surface area contributed by atoms with Gasteiger partial charge in [0.2, 0.25) is 0 Å². The van der Waals surface area contributed by atoms with Crippen LogP contribution in [0.3, 0.4) is 0 Å². The lowest BCUT2D eigenvalue weighted by atomic mass is 9.84. The summed E-state index contributed by atoms with van der Waals surface area (Å²) in [7, 11) is 0. The molecule has 1 saturated heterocycles. The maximum atomic E-state index is 12.9. The molecule has 0 aliphatic carbocycles. The Morgan fingerprint density at radius 2 is 1.92 bits per heavy atom. The Bertz CT molecular complexity index is 592. The molecule has 1 aromatic rings. The van der Waals surface area contributed by atoms with Crippen molar-refractivity contribution >= 4 is 11.6 Å². The lowest BCUT2D eigenvalue weighted by molar-refractivity contribution is -0.117. The number of carbonyl (C=O) groups excluding carboxylic acids is 2. The predicted octanol–water partition coefficient (Wildman–Crippen LogP) is 3.49. The highest BCUT2D eigenvalue weighted by Crippen LogP contribution is 2.34. The second-order valence-corrected chi connectivity index (χ2v) is 7.05. The van der Waals surface area contributed by atoms with Crippen LogP contribution in [-0.4, -0.2) is 42.2 Å². The van der Waals surface area contributed by atoms with E-state index < -0.39 is 0 Å². The van der Waals surface area contributed by atoms with Gasteiger partial charge >= 0.3 is 0 Å². The standard InChI is InChI=1S/C20H27NO3/c1-15(22)9-10-17-19(11-14-21-12-5-2-6-13-21)24-18-8-4-3-7-16(18)20(17)23/h3-4,7-8,17,19H,2,5-6,9-14H2,1H3. The average molecular weight is 329 g/mol. The van der Waals surface area contributed by atoms with Crippen molar-refractivity contribution in [1.82, 2.24) is 4.90 Å². The quantitative estimate of drug-likeness (QED) is 0.801. The largest absolute Gasteiger partial charge is 0.489 e. The molecule has 1 fully saturated rings. The SMILES string of the molecule is CC(=O)CCC1C(=O)c2ccccc2OC1CCN1CCCCC1. The predicted molar refractivity (Wildman–Crippen MR) is 93.5 cm³/mol. The average Bonchev–Trinajstić information content (AvgIpc) is 2.60.